The third-order valence-electron chi connectivity index (χ3n) is 1.96. The second kappa shape index (κ2) is 3.53. The number of nitrogens with zero attached hydrogens (tertiary/aromatic N) is 2. The maximum absolute atomic E-state index is 13.3. The van der Waals surface area contributed by atoms with E-state index in [1.165, 1.54) is 18.5 Å². The van der Waals surface area contributed by atoms with Gasteiger partial charge in [-0.15, -0.1) is 0 Å². The summed E-state index contributed by atoms with van der Waals surface area (Å²) in [6.07, 6.45) is 1.38. The van der Waals surface area contributed by atoms with Crippen LogP contribution >= 0.6 is 0 Å². The second-order valence-corrected chi connectivity index (χ2v) is 2.94. The largest absolute Gasteiger partial charge is 0.463 e. The average Bonchev–Trinajstić information content (AvgIpc) is 2.67. The highest BCUT2D eigenvalue weighted by atomic mass is 19.1. The minimum absolute atomic E-state index is 0.338. The molecule has 1 aromatic carbocycles. The number of hydrogen-bond donors (Lipinski definition) is 1. The van der Waals surface area contributed by atoms with E-state index in [2.05, 4.69) is 5.10 Å². The molecule has 0 saturated carbocycles. The molecular formula is C10H7FN2O2. The number of rotatable bonds is 1. The lowest BCUT2D eigenvalue weighted by Gasteiger charge is -1.97. The standard InChI is InChI=1S/C10H7FN2O2/c11-9-4-2-1-3-8(9)7-5-12-13(6-7)10(14)15/h1-6H,(H,14,15). The third kappa shape index (κ3) is 1.71. The van der Waals surface area contributed by atoms with Crippen LogP contribution in [-0.2, 0) is 0 Å². The van der Waals surface area contributed by atoms with E-state index in [9.17, 15) is 9.18 Å². The molecule has 1 N–H and O–H groups in total. The summed E-state index contributed by atoms with van der Waals surface area (Å²) in [6.45, 7) is 0. The molecule has 0 fully saturated rings. The van der Waals surface area contributed by atoms with Crippen molar-refractivity contribution in [3.05, 3.63) is 42.5 Å². The Bertz CT molecular complexity index is 508. The molecule has 0 aliphatic heterocycles. The predicted molar refractivity (Wildman–Crippen MR) is 51.0 cm³/mol. The van der Waals surface area contributed by atoms with Crippen molar-refractivity contribution in [2.24, 2.45) is 0 Å². The fourth-order valence-electron chi connectivity index (χ4n) is 1.26. The van der Waals surface area contributed by atoms with Crippen LogP contribution in [0.3, 0.4) is 0 Å². The molecule has 0 saturated heterocycles. The Morgan fingerprint density at radius 3 is 2.73 bits per heavy atom. The summed E-state index contributed by atoms with van der Waals surface area (Å²) in [5, 5.41) is 12.2. The monoisotopic (exact) mass is 206 g/mol. The van der Waals surface area contributed by atoms with Gasteiger partial charge in [-0.25, -0.2) is 9.18 Å². The van der Waals surface area contributed by atoms with Gasteiger partial charge in [-0.1, -0.05) is 18.2 Å². The van der Waals surface area contributed by atoms with Crippen molar-refractivity contribution in [2.45, 2.75) is 0 Å². The molecule has 1 aromatic heterocycles. The van der Waals surface area contributed by atoms with E-state index in [0.29, 0.717) is 11.1 Å². The Labute approximate surface area is 84.6 Å². The zero-order valence-electron chi connectivity index (χ0n) is 7.59. The van der Waals surface area contributed by atoms with Crippen molar-refractivity contribution in [2.75, 3.05) is 0 Å². The lowest BCUT2D eigenvalue weighted by atomic mass is 10.1. The molecule has 2 aromatic rings. The first-order chi connectivity index (χ1) is 7.18. The SMILES string of the molecule is O=C(O)n1cc(-c2ccccc2F)cn1. The molecule has 0 aliphatic rings. The number of hydrogen-bond acceptors (Lipinski definition) is 2. The number of carbonyl (C=O) groups is 1. The summed E-state index contributed by atoms with van der Waals surface area (Å²) in [4.78, 5) is 10.5. The van der Waals surface area contributed by atoms with Crippen LogP contribution in [0.1, 0.15) is 0 Å². The summed E-state index contributed by atoms with van der Waals surface area (Å²) in [7, 11) is 0. The van der Waals surface area contributed by atoms with Crippen molar-refractivity contribution in [3.8, 4) is 11.1 Å². The van der Waals surface area contributed by atoms with Gasteiger partial charge in [0, 0.05) is 17.3 Å². The molecule has 4 nitrogen and oxygen atoms in total. The Kier molecular flexibility index (Phi) is 2.21. The van der Waals surface area contributed by atoms with E-state index in [4.69, 9.17) is 5.11 Å². The maximum Gasteiger partial charge on any atom is 0.432 e. The zero-order chi connectivity index (χ0) is 10.8. The molecule has 0 unspecified atom stereocenters. The van der Waals surface area contributed by atoms with Crippen LogP contribution in [0.25, 0.3) is 11.1 Å². The van der Waals surface area contributed by atoms with Gasteiger partial charge in [-0.05, 0) is 6.07 Å². The van der Waals surface area contributed by atoms with E-state index < -0.39 is 11.9 Å². The van der Waals surface area contributed by atoms with Gasteiger partial charge < -0.3 is 5.11 Å². The highest BCUT2D eigenvalue weighted by molar-refractivity contribution is 5.70. The van der Waals surface area contributed by atoms with Crippen LogP contribution in [0.4, 0.5) is 9.18 Å². The van der Waals surface area contributed by atoms with Crippen LogP contribution in [0.2, 0.25) is 0 Å². The number of halogens is 1. The Morgan fingerprint density at radius 2 is 2.13 bits per heavy atom. The maximum atomic E-state index is 13.3. The quantitative estimate of drug-likeness (QED) is 0.778. The first kappa shape index (κ1) is 9.39. The normalized spacial score (nSPS) is 10.2. The molecular weight excluding hydrogens is 199 g/mol. The average molecular weight is 206 g/mol. The van der Waals surface area contributed by atoms with Crippen molar-refractivity contribution in [1.82, 2.24) is 9.78 Å². The molecule has 76 valence electrons. The minimum Gasteiger partial charge on any atom is -0.463 e. The Balaban J connectivity index is 2.46. The molecule has 15 heavy (non-hydrogen) atoms. The van der Waals surface area contributed by atoms with E-state index >= 15 is 0 Å². The highest BCUT2D eigenvalue weighted by Gasteiger charge is 2.08. The molecule has 0 bridgehead atoms. The van der Waals surface area contributed by atoms with Crippen molar-refractivity contribution >= 4 is 6.09 Å². The van der Waals surface area contributed by atoms with Crippen LogP contribution in [0.15, 0.2) is 36.7 Å². The fourth-order valence-corrected chi connectivity index (χ4v) is 1.26. The van der Waals surface area contributed by atoms with Crippen LogP contribution in [0.5, 0.6) is 0 Å². The molecule has 0 atom stereocenters. The van der Waals surface area contributed by atoms with Crippen LogP contribution < -0.4 is 0 Å². The predicted octanol–water partition coefficient (Wildman–Crippen LogP) is 2.22. The first-order valence-corrected chi connectivity index (χ1v) is 4.21. The molecule has 0 aliphatic carbocycles. The second-order valence-electron chi connectivity index (χ2n) is 2.94. The van der Waals surface area contributed by atoms with E-state index in [-0.39, 0.29) is 0 Å². The third-order valence-corrected chi connectivity index (χ3v) is 1.96. The lowest BCUT2D eigenvalue weighted by Crippen LogP contribution is -2.07. The van der Waals surface area contributed by atoms with Gasteiger partial charge >= 0.3 is 6.09 Å². The zero-order valence-corrected chi connectivity index (χ0v) is 7.59. The van der Waals surface area contributed by atoms with Gasteiger partial charge in [0.15, 0.2) is 0 Å². The Morgan fingerprint density at radius 1 is 1.40 bits per heavy atom. The van der Waals surface area contributed by atoms with Gasteiger partial charge in [-0.2, -0.15) is 9.78 Å². The first-order valence-electron chi connectivity index (χ1n) is 4.21. The summed E-state index contributed by atoms with van der Waals surface area (Å²) < 4.78 is 14.0. The van der Waals surface area contributed by atoms with Gasteiger partial charge in [0.05, 0.1) is 6.20 Å². The summed E-state index contributed by atoms with van der Waals surface area (Å²) >= 11 is 0. The summed E-state index contributed by atoms with van der Waals surface area (Å²) in [6, 6.07) is 6.13. The molecule has 2 rings (SSSR count). The van der Waals surface area contributed by atoms with Gasteiger partial charge in [0.25, 0.3) is 0 Å². The summed E-state index contributed by atoms with van der Waals surface area (Å²) in [5.41, 5.74) is 0.778. The van der Waals surface area contributed by atoms with E-state index in [0.717, 1.165) is 4.68 Å². The smallest absolute Gasteiger partial charge is 0.432 e. The van der Waals surface area contributed by atoms with Crippen molar-refractivity contribution in [1.29, 1.82) is 0 Å². The number of benzene rings is 1. The topological polar surface area (TPSA) is 55.1 Å². The molecule has 0 spiro atoms. The van der Waals surface area contributed by atoms with Crippen molar-refractivity contribution < 1.29 is 14.3 Å². The highest BCUT2D eigenvalue weighted by Crippen LogP contribution is 2.21. The van der Waals surface area contributed by atoms with Gasteiger partial charge in [0.1, 0.15) is 5.82 Å². The minimum atomic E-state index is -1.20. The molecule has 0 amide bonds. The fraction of sp³-hybridized carbons (Fsp3) is 0. The number of carboxylic acid groups (broad SMARTS) is 1. The van der Waals surface area contributed by atoms with Gasteiger partial charge in [-0.3, -0.25) is 0 Å². The van der Waals surface area contributed by atoms with E-state index in [1.54, 1.807) is 18.2 Å². The molecule has 0 radical (unpaired) electrons. The van der Waals surface area contributed by atoms with E-state index in [1.807, 2.05) is 0 Å². The molecule has 1 heterocycles. The summed E-state index contributed by atoms with van der Waals surface area (Å²) in [5.74, 6) is -0.401. The Hall–Kier alpha value is -2.17. The lowest BCUT2D eigenvalue weighted by molar-refractivity contribution is 0.192. The van der Waals surface area contributed by atoms with Gasteiger partial charge in [0.2, 0.25) is 0 Å². The van der Waals surface area contributed by atoms with Crippen LogP contribution in [0, 0.1) is 5.82 Å². The number of aromatic nitrogens is 2. The van der Waals surface area contributed by atoms with Crippen molar-refractivity contribution in [3.63, 3.8) is 0 Å². The van der Waals surface area contributed by atoms with Crippen LogP contribution in [-0.4, -0.2) is 21.0 Å². The molecule has 5 heteroatoms.